The van der Waals surface area contributed by atoms with E-state index in [0.29, 0.717) is 42.7 Å². The van der Waals surface area contributed by atoms with Crippen LogP contribution in [0, 0.1) is 17.1 Å². The van der Waals surface area contributed by atoms with Crippen LogP contribution < -0.4 is 16.4 Å². The second kappa shape index (κ2) is 13.7. The van der Waals surface area contributed by atoms with E-state index < -0.39 is 24.5 Å². The molecule has 4 rings (SSSR count). The summed E-state index contributed by atoms with van der Waals surface area (Å²) in [5.74, 6) is -2.17. The molecule has 0 spiro atoms. The Bertz CT molecular complexity index is 1370. The van der Waals surface area contributed by atoms with Crippen molar-refractivity contribution >= 4 is 35.2 Å². The zero-order valence-corrected chi connectivity index (χ0v) is 21.6. The number of carboxylic acid groups (broad SMARTS) is 1. The van der Waals surface area contributed by atoms with Gasteiger partial charge in [-0.15, -0.1) is 0 Å². The molecule has 11 heteroatoms. The van der Waals surface area contributed by atoms with Crippen LogP contribution in [-0.2, 0) is 4.79 Å². The van der Waals surface area contributed by atoms with Crippen molar-refractivity contribution in [2.24, 2.45) is 17.4 Å². The molecule has 3 aromatic rings. The summed E-state index contributed by atoms with van der Waals surface area (Å²) in [6.45, 7) is 0.563. The fraction of sp³-hybridized carbons (Fsp3) is 0.207. The van der Waals surface area contributed by atoms with E-state index in [4.69, 9.17) is 22.0 Å². The monoisotopic (exact) mass is 547 g/mol. The highest BCUT2D eigenvalue weighted by Crippen LogP contribution is 2.22. The van der Waals surface area contributed by atoms with Gasteiger partial charge >= 0.3 is 12.0 Å². The number of amides is 3. The van der Waals surface area contributed by atoms with E-state index in [1.165, 1.54) is 40.1 Å². The first-order chi connectivity index (χ1) is 19.1. The Labute approximate surface area is 230 Å². The number of halogens is 1. The fourth-order valence-corrected chi connectivity index (χ4v) is 4.21. The van der Waals surface area contributed by atoms with Crippen LogP contribution in [0.2, 0.25) is 0 Å². The van der Waals surface area contributed by atoms with Crippen LogP contribution >= 0.6 is 0 Å². The molecule has 3 aromatic carbocycles. The minimum Gasteiger partial charge on any atom is -0.480 e. The lowest BCUT2D eigenvalue weighted by Crippen LogP contribution is -2.43. The van der Waals surface area contributed by atoms with Gasteiger partial charge in [-0.05, 0) is 61.4 Å². The van der Waals surface area contributed by atoms with Crippen LogP contribution in [0.3, 0.4) is 0 Å². The number of benzene rings is 3. The lowest BCUT2D eigenvalue weighted by molar-refractivity contribution is -0.135. The first-order valence-corrected chi connectivity index (χ1v) is 12.4. The zero-order valence-electron chi connectivity index (χ0n) is 21.6. The van der Waals surface area contributed by atoms with Crippen molar-refractivity contribution in [3.8, 4) is 0 Å². The molecule has 0 radical (unpaired) electrons. The lowest BCUT2D eigenvalue weighted by Gasteiger charge is -2.29. The number of carboxylic acids is 1. The van der Waals surface area contributed by atoms with Gasteiger partial charge in [0.05, 0.1) is 0 Å². The smallest absolute Gasteiger partial charge is 0.323 e. The molecule has 0 unspecified atom stereocenters. The number of anilines is 1. The first-order valence-electron chi connectivity index (χ1n) is 12.4. The van der Waals surface area contributed by atoms with E-state index in [9.17, 15) is 23.6 Å². The van der Waals surface area contributed by atoms with Gasteiger partial charge in [0.25, 0.3) is 5.91 Å². The van der Waals surface area contributed by atoms with Crippen molar-refractivity contribution in [3.63, 3.8) is 0 Å². The maximum Gasteiger partial charge on any atom is 0.323 e. The third-order valence-corrected chi connectivity index (χ3v) is 6.33. The van der Waals surface area contributed by atoms with Crippen LogP contribution in [0.5, 0.6) is 0 Å². The highest BCUT2D eigenvalue weighted by molar-refractivity contribution is 6.09. The Hall–Kier alpha value is -5.06. The van der Waals surface area contributed by atoms with Gasteiger partial charge in [-0.3, -0.25) is 24.7 Å². The van der Waals surface area contributed by atoms with Crippen LogP contribution in [0.1, 0.15) is 39.1 Å². The number of nitrogens with one attached hydrogen (secondary N) is 1. The van der Waals surface area contributed by atoms with E-state index in [-0.39, 0.29) is 28.9 Å². The SMILES string of the molecule is N=C(N)c1cccc(C(=O)N(CC(=O)O)c2ccccc2)c1.NC(=O)N1CCC(C(=O)c2ccc(F)cc2)CC1. The molecule has 0 aromatic heterocycles. The van der Waals surface area contributed by atoms with Crippen molar-refractivity contribution in [1.82, 2.24) is 4.90 Å². The summed E-state index contributed by atoms with van der Waals surface area (Å²) < 4.78 is 12.8. The molecule has 6 N–H and O–H groups in total. The van der Waals surface area contributed by atoms with E-state index in [1.54, 1.807) is 48.5 Å². The number of carbonyl (C=O) groups excluding carboxylic acids is 3. The topological polar surface area (TPSA) is 171 Å². The molecule has 1 fully saturated rings. The highest BCUT2D eigenvalue weighted by Gasteiger charge is 2.27. The molecular weight excluding hydrogens is 517 g/mol. The molecule has 0 saturated carbocycles. The molecular formula is C29H30FN5O5. The number of Topliss-reactive ketones (excluding diaryl/α,β-unsaturated/α-hetero) is 1. The number of hydrogen-bond donors (Lipinski definition) is 4. The number of urea groups is 1. The van der Waals surface area contributed by atoms with E-state index >= 15 is 0 Å². The minimum atomic E-state index is -1.11. The molecule has 3 amide bonds. The zero-order chi connectivity index (χ0) is 29.2. The normalized spacial score (nSPS) is 13.0. The Morgan fingerprint density at radius 2 is 1.48 bits per heavy atom. The Balaban J connectivity index is 0.000000225. The maximum atomic E-state index is 12.8. The summed E-state index contributed by atoms with van der Waals surface area (Å²) in [5, 5.41) is 16.5. The number of amidine groups is 1. The van der Waals surface area contributed by atoms with Gasteiger partial charge < -0.3 is 21.5 Å². The Kier molecular flexibility index (Phi) is 10.1. The molecule has 1 aliphatic heterocycles. The van der Waals surface area contributed by atoms with E-state index in [2.05, 4.69) is 0 Å². The van der Waals surface area contributed by atoms with Crippen molar-refractivity contribution in [2.45, 2.75) is 12.8 Å². The number of nitrogen functional groups attached to an aromatic ring is 1. The molecule has 40 heavy (non-hydrogen) atoms. The molecule has 10 nitrogen and oxygen atoms in total. The number of ketones is 1. The van der Waals surface area contributed by atoms with Crippen LogP contribution in [0.25, 0.3) is 0 Å². The van der Waals surface area contributed by atoms with Gasteiger partial charge in [0.2, 0.25) is 0 Å². The summed E-state index contributed by atoms with van der Waals surface area (Å²) in [6.07, 6.45) is 1.22. The quantitative estimate of drug-likeness (QED) is 0.200. The second-order valence-electron chi connectivity index (χ2n) is 9.09. The van der Waals surface area contributed by atoms with Crippen molar-refractivity contribution in [3.05, 3.63) is 101 Å². The molecule has 208 valence electrons. The van der Waals surface area contributed by atoms with Gasteiger partial charge in [0.15, 0.2) is 5.78 Å². The van der Waals surface area contributed by atoms with Gasteiger partial charge in [0, 0.05) is 41.4 Å². The van der Waals surface area contributed by atoms with E-state index in [0.717, 1.165) is 0 Å². The number of carbonyl (C=O) groups is 4. The van der Waals surface area contributed by atoms with Crippen molar-refractivity contribution in [1.29, 1.82) is 5.41 Å². The molecule has 1 saturated heterocycles. The molecule has 1 aliphatic rings. The number of likely N-dealkylation sites (tertiary alicyclic amines) is 1. The molecule has 1 heterocycles. The average Bonchev–Trinajstić information content (AvgIpc) is 2.96. The lowest BCUT2D eigenvalue weighted by atomic mass is 9.89. The van der Waals surface area contributed by atoms with Gasteiger partial charge in [-0.1, -0.05) is 30.3 Å². The number of rotatable bonds is 7. The third kappa shape index (κ3) is 7.97. The van der Waals surface area contributed by atoms with Gasteiger partial charge in [-0.2, -0.15) is 0 Å². The summed E-state index contributed by atoms with van der Waals surface area (Å²) in [6, 6.07) is 19.9. The number of aliphatic carboxylic acids is 1. The number of primary amides is 1. The van der Waals surface area contributed by atoms with Crippen molar-refractivity contribution in [2.75, 3.05) is 24.5 Å². The third-order valence-electron chi connectivity index (χ3n) is 6.33. The summed E-state index contributed by atoms with van der Waals surface area (Å²) in [7, 11) is 0. The highest BCUT2D eigenvalue weighted by atomic mass is 19.1. The maximum absolute atomic E-state index is 12.8. The predicted octanol–water partition coefficient (Wildman–Crippen LogP) is 3.50. The van der Waals surface area contributed by atoms with Crippen LogP contribution in [-0.4, -0.2) is 59.2 Å². The second-order valence-corrected chi connectivity index (χ2v) is 9.09. The van der Waals surface area contributed by atoms with Gasteiger partial charge in [0.1, 0.15) is 18.2 Å². The summed E-state index contributed by atoms with van der Waals surface area (Å²) >= 11 is 0. The summed E-state index contributed by atoms with van der Waals surface area (Å²) in [4.78, 5) is 49.4. The average molecular weight is 548 g/mol. The first kappa shape index (κ1) is 29.5. The van der Waals surface area contributed by atoms with Gasteiger partial charge in [-0.25, -0.2) is 9.18 Å². The molecule has 0 aliphatic carbocycles. The molecule has 0 atom stereocenters. The number of nitrogens with zero attached hydrogens (tertiary/aromatic N) is 2. The number of para-hydroxylation sites is 1. The number of nitrogens with two attached hydrogens (primary N) is 2. The van der Waals surface area contributed by atoms with Crippen LogP contribution in [0.4, 0.5) is 14.9 Å². The number of piperidine rings is 1. The number of hydrogen-bond acceptors (Lipinski definition) is 5. The minimum absolute atomic E-state index is 0.0131. The largest absolute Gasteiger partial charge is 0.480 e. The van der Waals surface area contributed by atoms with Crippen molar-refractivity contribution < 1.29 is 28.7 Å². The standard InChI is InChI=1S/C16H15N3O3.C13H15FN2O2/c17-15(18)11-5-4-6-12(9-11)16(22)19(10-14(20)21)13-7-2-1-3-8-13;14-11-3-1-9(2-4-11)12(17)10-5-7-16(8-6-10)13(15)18/h1-9H,10H2,(H3,17,18)(H,20,21);1-4,10H,5-8H2,(H2,15,18). The molecule has 0 bridgehead atoms. The van der Waals surface area contributed by atoms with Crippen LogP contribution in [0.15, 0.2) is 78.9 Å². The Morgan fingerprint density at radius 1 is 0.875 bits per heavy atom. The predicted molar refractivity (Wildman–Crippen MR) is 148 cm³/mol. The fourth-order valence-electron chi connectivity index (χ4n) is 4.21. The van der Waals surface area contributed by atoms with E-state index in [1.807, 2.05) is 0 Å². The summed E-state index contributed by atoms with van der Waals surface area (Å²) in [5.41, 5.74) is 12.3. The Morgan fingerprint density at radius 3 is 2.02 bits per heavy atom.